The molecule has 2 unspecified atom stereocenters. The van der Waals surface area contributed by atoms with Crippen LogP contribution in [0.3, 0.4) is 0 Å². The van der Waals surface area contributed by atoms with Gasteiger partial charge in [0.1, 0.15) is 11.6 Å². The Labute approximate surface area is 123 Å². The van der Waals surface area contributed by atoms with Gasteiger partial charge in [0.2, 0.25) is 0 Å². The number of rotatable bonds is 4. The predicted molar refractivity (Wildman–Crippen MR) is 81.7 cm³/mol. The Morgan fingerprint density at radius 3 is 2.90 bits per heavy atom. The van der Waals surface area contributed by atoms with Crippen molar-refractivity contribution >= 4 is 17.3 Å². The van der Waals surface area contributed by atoms with Crippen LogP contribution in [-0.4, -0.2) is 47.0 Å². The summed E-state index contributed by atoms with van der Waals surface area (Å²) in [4.78, 5) is 17.5. The maximum absolute atomic E-state index is 11.0. The van der Waals surface area contributed by atoms with Crippen LogP contribution in [0.1, 0.15) is 25.7 Å². The molecule has 2 aliphatic rings. The van der Waals surface area contributed by atoms with E-state index in [9.17, 15) is 10.1 Å². The predicted octanol–water partition coefficient (Wildman–Crippen LogP) is 2.07. The van der Waals surface area contributed by atoms with Gasteiger partial charge in [-0.05, 0) is 32.2 Å². The molecule has 0 spiro atoms. The number of piperidine rings is 1. The number of nitrogens with one attached hydrogen (secondary N) is 2. The van der Waals surface area contributed by atoms with Crippen molar-refractivity contribution < 1.29 is 4.92 Å². The van der Waals surface area contributed by atoms with Gasteiger partial charge in [0, 0.05) is 25.7 Å². The Hall–Kier alpha value is -1.89. The van der Waals surface area contributed by atoms with Crippen molar-refractivity contribution in [3.8, 4) is 0 Å². The first-order chi connectivity index (χ1) is 10.2. The first-order valence-corrected chi connectivity index (χ1v) is 7.50. The molecule has 1 aromatic heterocycles. The van der Waals surface area contributed by atoms with E-state index in [0.29, 0.717) is 23.7 Å². The molecule has 1 aromatic rings. The Morgan fingerprint density at radius 1 is 1.33 bits per heavy atom. The summed E-state index contributed by atoms with van der Waals surface area (Å²) < 4.78 is 0. The minimum absolute atomic E-state index is 0.0650. The average Bonchev–Trinajstić information content (AvgIpc) is 2.94. The molecule has 2 fully saturated rings. The van der Waals surface area contributed by atoms with Crippen molar-refractivity contribution in [3.05, 3.63) is 22.2 Å². The summed E-state index contributed by atoms with van der Waals surface area (Å²) in [5.41, 5.74) is 0.0650. The Bertz CT molecular complexity index is 536. The SMILES string of the molecule is CNc1cc([N+](=O)[O-])cc(NC2CCN3CCCC3C2)n1. The molecule has 2 atom stereocenters. The number of hydrogen-bond donors (Lipinski definition) is 2. The number of aromatic nitrogens is 1. The number of nitro groups is 1. The largest absolute Gasteiger partial charge is 0.373 e. The minimum atomic E-state index is -0.382. The molecule has 3 rings (SSSR count). The molecule has 0 aliphatic carbocycles. The Morgan fingerprint density at radius 2 is 2.14 bits per heavy atom. The van der Waals surface area contributed by atoms with E-state index in [1.165, 1.54) is 31.5 Å². The van der Waals surface area contributed by atoms with E-state index in [0.717, 1.165) is 19.4 Å². The molecule has 0 radical (unpaired) electrons. The summed E-state index contributed by atoms with van der Waals surface area (Å²) >= 11 is 0. The number of pyridine rings is 1. The summed E-state index contributed by atoms with van der Waals surface area (Å²) in [7, 11) is 1.72. The van der Waals surface area contributed by atoms with Crippen LogP contribution in [0, 0.1) is 10.1 Å². The molecule has 2 saturated heterocycles. The van der Waals surface area contributed by atoms with Crippen molar-refractivity contribution in [1.29, 1.82) is 0 Å². The summed E-state index contributed by atoms with van der Waals surface area (Å²) in [6.07, 6.45) is 4.72. The van der Waals surface area contributed by atoms with Gasteiger partial charge < -0.3 is 15.5 Å². The van der Waals surface area contributed by atoms with Gasteiger partial charge in [-0.2, -0.15) is 0 Å². The summed E-state index contributed by atoms with van der Waals surface area (Å²) in [6, 6.07) is 3.98. The molecule has 2 N–H and O–H groups in total. The molecule has 114 valence electrons. The third-order valence-corrected chi connectivity index (χ3v) is 4.45. The average molecular weight is 291 g/mol. The molecule has 2 aliphatic heterocycles. The molecule has 3 heterocycles. The van der Waals surface area contributed by atoms with E-state index in [-0.39, 0.29) is 10.6 Å². The highest BCUT2D eigenvalue weighted by Gasteiger charge is 2.31. The third kappa shape index (κ3) is 3.07. The second-order valence-electron chi connectivity index (χ2n) is 5.80. The van der Waals surface area contributed by atoms with Crippen molar-refractivity contribution in [2.24, 2.45) is 0 Å². The lowest BCUT2D eigenvalue weighted by molar-refractivity contribution is -0.384. The number of fused-ring (bicyclic) bond motifs is 1. The fourth-order valence-corrected chi connectivity index (χ4v) is 3.39. The van der Waals surface area contributed by atoms with Gasteiger partial charge in [-0.25, -0.2) is 4.98 Å². The lowest BCUT2D eigenvalue weighted by Gasteiger charge is -2.35. The zero-order valence-corrected chi connectivity index (χ0v) is 12.2. The lowest BCUT2D eigenvalue weighted by atomic mass is 9.97. The van der Waals surface area contributed by atoms with Crippen LogP contribution in [0.2, 0.25) is 0 Å². The number of nitrogens with zero attached hydrogens (tertiary/aromatic N) is 3. The van der Waals surface area contributed by atoms with E-state index in [1.54, 1.807) is 7.05 Å². The summed E-state index contributed by atoms with van der Waals surface area (Å²) in [5.74, 6) is 1.11. The van der Waals surface area contributed by atoms with Gasteiger partial charge in [-0.3, -0.25) is 10.1 Å². The van der Waals surface area contributed by atoms with E-state index in [4.69, 9.17) is 0 Å². The van der Waals surface area contributed by atoms with Crippen LogP contribution in [0.25, 0.3) is 0 Å². The highest BCUT2D eigenvalue weighted by Crippen LogP contribution is 2.29. The van der Waals surface area contributed by atoms with E-state index in [1.807, 2.05) is 0 Å². The highest BCUT2D eigenvalue weighted by atomic mass is 16.6. The van der Waals surface area contributed by atoms with Crippen molar-refractivity contribution in [1.82, 2.24) is 9.88 Å². The monoisotopic (exact) mass is 291 g/mol. The third-order valence-electron chi connectivity index (χ3n) is 4.45. The maximum atomic E-state index is 11.0. The van der Waals surface area contributed by atoms with Gasteiger partial charge in [0.25, 0.3) is 5.69 Å². The fourth-order valence-electron chi connectivity index (χ4n) is 3.39. The smallest absolute Gasteiger partial charge is 0.276 e. The van der Waals surface area contributed by atoms with Crippen LogP contribution >= 0.6 is 0 Å². The Balaban J connectivity index is 1.72. The number of anilines is 2. The first kappa shape index (κ1) is 14.1. The van der Waals surface area contributed by atoms with Gasteiger partial charge in [-0.1, -0.05) is 0 Å². The topological polar surface area (TPSA) is 83.3 Å². The second kappa shape index (κ2) is 5.85. The quantitative estimate of drug-likeness (QED) is 0.652. The number of hydrogen-bond acceptors (Lipinski definition) is 6. The normalized spacial score (nSPS) is 25.4. The van der Waals surface area contributed by atoms with Crippen LogP contribution in [-0.2, 0) is 0 Å². The van der Waals surface area contributed by atoms with Gasteiger partial charge in [0.15, 0.2) is 0 Å². The van der Waals surface area contributed by atoms with E-state index in [2.05, 4.69) is 20.5 Å². The lowest BCUT2D eigenvalue weighted by Crippen LogP contribution is -2.42. The molecule has 0 saturated carbocycles. The maximum Gasteiger partial charge on any atom is 0.276 e. The first-order valence-electron chi connectivity index (χ1n) is 7.50. The fraction of sp³-hybridized carbons (Fsp3) is 0.643. The molecular formula is C14H21N5O2. The van der Waals surface area contributed by atoms with Gasteiger partial charge in [0.05, 0.1) is 17.1 Å². The molecule has 0 aromatic carbocycles. The Kier molecular flexibility index (Phi) is 3.92. The van der Waals surface area contributed by atoms with Gasteiger partial charge in [-0.15, -0.1) is 0 Å². The van der Waals surface area contributed by atoms with Crippen LogP contribution < -0.4 is 10.6 Å². The standard InChI is InChI=1S/C14H21N5O2/c1-15-13-8-12(19(20)21)9-14(17-13)16-10-4-6-18-5-2-3-11(18)7-10/h8-11H,2-7H2,1H3,(H2,15,16,17). The zero-order chi connectivity index (χ0) is 14.8. The van der Waals surface area contributed by atoms with Gasteiger partial charge >= 0.3 is 0 Å². The van der Waals surface area contributed by atoms with Crippen LogP contribution in [0.5, 0.6) is 0 Å². The second-order valence-corrected chi connectivity index (χ2v) is 5.80. The van der Waals surface area contributed by atoms with Crippen molar-refractivity contribution in [2.75, 3.05) is 30.8 Å². The van der Waals surface area contributed by atoms with Crippen molar-refractivity contribution in [2.45, 2.75) is 37.8 Å². The van der Waals surface area contributed by atoms with Crippen molar-refractivity contribution in [3.63, 3.8) is 0 Å². The molecule has 7 nitrogen and oxygen atoms in total. The highest BCUT2D eigenvalue weighted by molar-refractivity contribution is 5.54. The van der Waals surface area contributed by atoms with Crippen LogP contribution in [0.15, 0.2) is 12.1 Å². The zero-order valence-electron chi connectivity index (χ0n) is 12.2. The summed E-state index contributed by atoms with van der Waals surface area (Å²) in [5, 5.41) is 17.2. The minimum Gasteiger partial charge on any atom is -0.373 e. The molecule has 7 heteroatoms. The molecule has 0 amide bonds. The van der Waals surface area contributed by atoms with E-state index >= 15 is 0 Å². The van der Waals surface area contributed by atoms with E-state index < -0.39 is 0 Å². The molecule has 0 bridgehead atoms. The summed E-state index contributed by atoms with van der Waals surface area (Å²) in [6.45, 7) is 2.33. The molecular weight excluding hydrogens is 270 g/mol. The molecule has 21 heavy (non-hydrogen) atoms. The van der Waals surface area contributed by atoms with Crippen LogP contribution in [0.4, 0.5) is 17.3 Å².